The first-order chi connectivity index (χ1) is 9.53. The van der Waals surface area contributed by atoms with E-state index in [1.54, 1.807) is 0 Å². The molecule has 0 radical (unpaired) electrons. The molecule has 1 heterocycles. The molecule has 3 heteroatoms. The van der Waals surface area contributed by atoms with E-state index in [9.17, 15) is 0 Å². The van der Waals surface area contributed by atoms with Crippen LogP contribution in [0.15, 0.2) is 15.9 Å². The number of nitrogens with one attached hydrogen (secondary N) is 1. The van der Waals surface area contributed by atoms with Gasteiger partial charge in [-0.1, -0.05) is 33.6 Å². The van der Waals surface area contributed by atoms with Crippen molar-refractivity contribution in [2.75, 3.05) is 6.54 Å². The Bertz CT molecular complexity index is 413. The summed E-state index contributed by atoms with van der Waals surface area (Å²) < 4.78 is 1.23. The fourth-order valence-corrected chi connectivity index (χ4v) is 5.14. The third-order valence-electron chi connectivity index (χ3n) is 4.78. The SMILES string of the molecule is CCCNC(Cc1cc(Br)cs1)C1CCCCC1(C)C. The van der Waals surface area contributed by atoms with Crippen molar-refractivity contribution >= 4 is 27.3 Å². The Balaban J connectivity index is 2.09. The fourth-order valence-electron chi connectivity index (χ4n) is 3.63. The molecule has 0 spiro atoms. The van der Waals surface area contributed by atoms with Crippen molar-refractivity contribution in [3.05, 3.63) is 20.8 Å². The van der Waals surface area contributed by atoms with E-state index in [-0.39, 0.29) is 0 Å². The molecule has 0 bridgehead atoms. The highest BCUT2D eigenvalue weighted by atomic mass is 79.9. The van der Waals surface area contributed by atoms with Crippen molar-refractivity contribution in [1.82, 2.24) is 5.32 Å². The third kappa shape index (κ3) is 4.32. The van der Waals surface area contributed by atoms with Crippen molar-refractivity contribution in [3.8, 4) is 0 Å². The zero-order chi connectivity index (χ0) is 14.6. The van der Waals surface area contributed by atoms with Gasteiger partial charge in [-0.15, -0.1) is 11.3 Å². The molecule has 1 aliphatic carbocycles. The number of thiophene rings is 1. The molecule has 20 heavy (non-hydrogen) atoms. The molecule has 2 atom stereocenters. The number of rotatable bonds is 6. The molecule has 0 aliphatic heterocycles. The van der Waals surface area contributed by atoms with Crippen LogP contribution in [0.3, 0.4) is 0 Å². The Hall–Kier alpha value is 0.140. The number of hydrogen-bond donors (Lipinski definition) is 1. The van der Waals surface area contributed by atoms with Gasteiger partial charge in [0, 0.05) is 20.8 Å². The highest BCUT2D eigenvalue weighted by molar-refractivity contribution is 9.10. The summed E-state index contributed by atoms with van der Waals surface area (Å²) in [5.41, 5.74) is 0.484. The molecule has 1 fully saturated rings. The van der Waals surface area contributed by atoms with Gasteiger partial charge < -0.3 is 5.32 Å². The minimum Gasteiger partial charge on any atom is -0.313 e. The monoisotopic (exact) mass is 357 g/mol. The highest BCUT2D eigenvalue weighted by Gasteiger charge is 2.37. The van der Waals surface area contributed by atoms with Gasteiger partial charge in [-0.3, -0.25) is 0 Å². The average molecular weight is 358 g/mol. The standard InChI is InChI=1S/C17H28BrNS/c1-4-9-19-16(11-14-10-13(18)12-20-14)15-7-5-6-8-17(15,2)3/h10,12,15-16,19H,4-9,11H2,1-3H3. The minimum atomic E-state index is 0.484. The lowest BCUT2D eigenvalue weighted by Gasteiger charge is -2.43. The lowest BCUT2D eigenvalue weighted by molar-refractivity contribution is 0.0984. The van der Waals surface area contributed by atoms with Crippen molar-refractivity contribution < 1.29 is 0 Å². The second kappa shape index (κ2) is 7.42. The van der Waals surface area contributed by atoms with E-state index in [0.717, 1.165) is 12.5 Å². The summed E-state index contributed by atoms with van der Waals surface area (Å²) in [6.45, 7) is 8.35. The molecule has 114 valence electrons. The van der Waals surface area contributed by atoms with Crippen LogP contribution in [0.5, 0.6) is 0 Å². The van der Waals surface area contributed by atoms with Gasteiger partial charge in [0.1, 0.15) is 0 Å². The van der Waals surface area contributed by atoms with Crippen LogP contribution in [-0.2, 0) is 6.42 Å². The van der Waals surface area contributed by atoms with Crippen LogP contribution in [0.25, 0.3) is 0 Å². The molecule has 1 nitrogen and oxygen atoms in total. The highest BCUT2D eigenvalue weighted by Crippen LogP contribution is 2.43. The molecular weight excluding hydrogens is 330 g/mol. The summed E-state index contributed by atoms with van der Waals surface area (Å²) in [6.07, 6.45) is 8.00. The minimum absolute atomic E-state index is 0.484. The van der Waals surface area contributed by atoms with E-state index < -0.39 is 0 Å². The lowest BCUT2D eigenvalue weighted by Crippen LogP contribution is -2.46. The summed E-state index contributed by atoms with van der Waals surface area (Å²) in [6, 6.07) is 2.93. The normalized spacial score (nSPS) is 23.7. The molecule has 0 aromatic carbocycles. The molecule has 1 saturated carbocycles. The topological polar surface area (TPSA) is 12.0 Å². The zero-order valence-corrected chi connectivity index (χ0v) is 15.4. The quantitative estimate of drug-likeness (QED) is 0.694. The van der Waals surface area contributed by atoms with Gasteiger partial charge in [0.05, 0.1) is 0 Å². The fraction of sp³-hybridized carbons (Fsp3) is 0.765. The maximum atomic E-state index is 3.84. The van der Waals surface area contributed by atoms with E-state index >= 15 is 0 Å². The van der Waals surface area contributed by atoms with Crippen LogP contribution in [0.1, 0.15) is 57.8 Å². The molecule has 0 amide bonds. The van der Waals surface area contributed by atoms with Crippen LogP contribution < -0.4 is 5.32 Å². The Morgan fingerprint density at radius 1 is 1.45 bits per heavy atom. The Morgan fingerprint density at radius 3 is 2.85 bits per heavy atom. The maximum Gasteiger partial charge on any atom is 0.0285 e. The number of halogens is 1. The Morgan fingerprint density at radius 2 is 2.25 bits per heavy atom. The van der Waals surface area contributed by atoms with Crippen molar-refractivity contribution in [2.45, 2.75) is 65.3 Å². The predicted molar refractivity (Wildman–Crippen MR) is 93.5 cm³/mol. The molecule has 2 rings (SSSR count). The second-order valence-electron chi connectivity index (χ2n) is 6.84. The van der Waals surface area contributed by atoms with Crippen LogP contribution in [-0.4, -0.2) is 12.6 Å². The van der Waals surface area contributed by atoms with Gasteiger partial charge >= 0.3 is 0 Å². The van der Waals surface area contributed by atoms with E-state index in [2.05, 4.69) is 53.5 Å². The van der Waals surface area contributed by atoms with Gasteiger partial charge in [-0.25, -0.2) is 0 Å². The third-order valence-corrected chi connectivity index (χ3v) is 6.50. The molecule has 1 aromatic rings. The summed E-state index contributed by atoms with van der Waals surface area (Å²) in [4.78, 5) is 1.51. The van der Waals surface area contributed by atoms with Crippen LogP contribution in [0.2, 0.25) is 0 Å². The van der Waals surface area contributed by atoms with Gasteiger partial charge in [0.2, 0.25) is 0 Å². The summed E-state index contributed by atoms with van der Waals surface area (Å²) in [5, 5.41) is 6.05. The van der Waals surface area contributed by atoms with Crippen LogP contribution >= 0.6 is 27.3 Å². The predicted octanol–water partition coefficient (Wildman–Crippen LogP) is 5.64. The molecule has 1 aromatic heterocycles. The summed E-state index contributed by atoms with van der Waals surface area (Å²) in [5.74, 6) is 0.809. The van der Waals surface area contributed by atoms with Gasteiger partial charge in [-0.2, -0.15) is 0 Å². The van der Waals surface area contributed by atoms with E-state index in [4.69, 9.17) is 0 Å². The van der Waals surface area contributed by atoms with Gasteiger partial charge in [-0.05, 0) is 65.6 Å². The summed E-state index contributed by atoms with van der Waals surface area (Å²) >= 11 is 5.47. The molecular formula is C17H28BrNS. The second-order valence-corrected chi connectivity index (χ2v) is 8.75. The first-order valence-electron chi connectivity index (χ1n) is 7.99. The zero-order valence-electron chi connectivity index (χ0n) is 13.0. The van der Waals surface area contributed by atoms with E-state index in [1.807, 2.05) is 11.3 Å². The van der Waals surface area contributed by atoms with Crippen molar-refractivity contribution in [1.29, 1.82) is 0 Å². The summed E-state index contributed by atoms with van der Waals surface area (Å²) in [7, 11) is 0. The van der Waals surface area contributed by atoms with Crippen LogP contribution in [0.4, 0.5) is 0 Å². The van der Waals surface area contributed by atoms with E-state index in [1.165, 1.54) is 47.9 Å². The Labute approximate surface area is 136 Å². The van der Waals surface area contributed by atoms with Gasteiger partial charge in [0.25, 0.3) is 0 Å². The van der Waals surface area contributed by atoms with E-state index in [0.29, 0.717) is 11.5 Å². The van der Waals surface area contributed by atoms with Crippen molar-refractivity contribution in [3.63, 3.8) is 0 Å². The molecule has 1 aliphatic rings. The molecule has 2 unspecified atom stereocenters. The van der Waals surface area contributed by atoms with Crippen molar-refractivity contribution in [2.24, 2.45) is 11.3 Å². The maximum absolute atomic E-state index is 3.84. The lowest BCUT2D eigenvalue weighted by atomic mass is 9.65. The number of hydrogen-bond acceptors (Lipinski definition) is 2. The van der Waals surface area contributed by atoms with Gasteiger partial charge in [0.15, 0.2) is 0 Å². The first kappa shape index (κ1) is 16.5. The molecule has 1 N–H and O–H groups in total. The van der Waals surface area contributed by atoms with Crippen LogP contribution in [0, 0.1) is 11.3 Å². The Kier molecular flexibility index (Phi) is 6.12. The smallest absolute Gasteiger partial charge is 0.0285 e. The largest absolute Gasteiger partial charge is 0.313 e. The first-order valence-corrected chi connectivity index (χ1v) is 9.66. The molecule has 0 saturated heterocycles. The average Bonchev–Trinajstić information content (AvgIpc) is 2.80.